The maximum absolute atomic E-state index is 13.1. The summed E-state index contributed by atoms with van der Waals surface area (Å²) in [5.41, 5.74) is 0. The number of hydrogen-bond acceptors (Lipinski definition) is 15. The average molecular weight is 1480 g/mol. The van der Waals surface area contributed by atoms with Crippen molar-refractivity contribution in [2.75, 3.05) is 39.6 Å². The molecule has 19 heteroatoms. The van der Waals surface area contributed by atoms with Crippen LogP contribution in [-0.4, -0.2) is 96.7 Å². The minimum atomic E-state index is -4.98. The normalized spacial score (nSPS) is 14.1. The predicted octanol–water partition coefficient (Wildman–Crippen LogP) is 24.2. The highest BCUT2D eigenvalue weighted by atomic mass is 31.2. The lowest BCUT2D eigenvalue weighted by atomic mass is 10.1. The molecule has 0 aromatic heterocycles. The molecule has 0 radical (unpaired) electrons. The van der Waals surface area contributed by atoms with Crippen LogP contribution in [0.1, 0.15) is 387 Å². The van der Waals surface area contributed by atoms with Gasteiger partial charge >= 0.3 is 39.5 Å². The summed E-state index contributed by atoms with van der Waals surface area (Å²) in [6.45, 7) is 4.88. The smallest absolute Gasteiger partial charge is 0.462 e. The first kappa shape index (κ1) is 98.8. The van der Waals surface area contributed by atoms with Gasteiger partial charge in [0.2, 0.25) is 0 Å². The van der Waals surface area contributed by atoms with E-state index in [9.17, 15) is 43.2 Å². The van der Waals surface area contributed by atoms with Gasteiger partial charge in [-0.05, 0) is 135 Å². The van der Waals surface area contributed by atoms with Crippen LogP contribution < -0.4 is 0 Å². The second kappa shape index (κ2) is 76.0. The first-order valence-corrected chi connectivity index (χ1v) is 44.5. The zero-order valence-electron chi connectivity index (χ0n) is 65.3. The van der Waals surface area contributed by atoms with Crippen molar-refractivity contribution in [2.24, 2.45) is 0 Å². The Bertz CT molecular complexity index is 2170. The lowest BCUT2D eigenvalue weighted by Crippen LogP contribution is -2.30. The van der Waals surface area contributed by atoms with Gasteiger partial charge in [-0.15, -0.1) is 0 Å². The van der Waals surface area contributed by atoms with Crippen molar-refractivity contribution in [1.29, 1.82) is 0 Å². The third-order valence-corrected chi connectivity index (χ3v) is 19.8. The Morgan fingerprint density at radius 3 is 0.765 bits per heavy atom. The van der Waals surface area contributed by atoms with E-state index in [4.69, 9.17) is 37.0 Å². The van der Waals surface area contributed by atoms with Crippen LogP contribution in [0, 0.1) is 0 Å². The molecule has 0 aliphatic rings. The van der Waals surface area contributed by atoms with Gasteiger partial charge in [0, 0.05) is 25.7 Å². The molecule has 0 aromatic rings. The second-order valence-corrected chi connectivity index (χ2v) is 31.0. The Morgan fingerprint density at radius 2 is 0.480 bits per heavy atom. The first-order chi connectivity index (χ1) is 49.7. The number of carbonyl (C=O) groups is 4. The van der Waals surface area contributed by atoms with Crippen LogP contribution in [0.4, 0.5) is 0 Å². The summed E-state index contributed by atoms with van der Waals surface area (Å²) in [5, 5.41) is 10.6. The largest absolute Gasteiger partial charge is 0.472 e. The van der Waals surface area contributed by atoms with Gasteiger partial charge < -0.3 is 33.8 Å². The fourth-order valence-electron chi connectivity index (χ4n) is 11.5. The van der Waals surface area contributed by atoms with E-state index in [1.807, 2.05) is 0 Å². The van der Waals surface area contributed by atoms with Gasteiger partial charge in [-0.25, -0.2) is 9.13 Å². The summed E-state index contributed by atoms with van der Waals surface area (Å²) in [6, 6.07) is 0. The highest BCUT2D eigenvalue weighted by Gasteiger charge is 2.30. The van der Waals surface area contributed by atoms with E-state index >= 15 is 0 Å². The van der Waals surface area contributed by atoms with Crippen molar-refractivity contribution >= 4 is 39.5 Å². The Balaban J connectivity index is 5.34. The molecule has 0 aliphatic heterocycles. The van der Waals surface area contributed by atoms with Gasteiger partial charge in [0.15, 0.2) is 12.2 Å². The number of aliphatic hydroxyl groups is 1. The molecule has 5 atom stereocenters. The number of unbranched alkanes of at least 4 members (excludes halogenated alkanes) is 43. The molecule has 596 valence electrons. The maximum Gasteiger partial charge on any atom is 0.472 e. The van der Waals surface area contributed by atoms with Crippen LogP contribution >= 0.6 is 15.6 Å². The summed E-state index contributed by atoms with van der Waals surface area (Å²) in [5.74, 6) is -2.17. The number of hydrogen-bond donors (Lipinski definition) is 3. The van der Waals surface area contributed by atoms with Gasteiger partial charge in [0.05, 0.1) is 26.4 Å². The molecule has 0 aromatic carbocycles. The van der Waals surface area contributed by atoms with Crippen molar-refractivity contribution < 1.29 is 80.2 Å². The van der Waals surface area contributed by atoms with E-state index < -0.39 is 97.5 Å². The molecule has 0 bridgehead atoms. The Morgan fingerprint density at radius 1 is 0.275 bits per heavy atom. The molecule has 17 nitrogen and oxygen atoms in total. The summed E-state index contributed by atoms with van der Waals surface area (Å²) >= 11 is 0. The number of carbonyl (C=O) groups excluding carboxylic acids is 4. The summed E-state index contributed by atoms with van der Waals surface area (Å²) in [4.78, 5) is 73.1. The summed E-state index contributed by atoms with van der Waals surface area (Å²) in [7, 11) is -9.95. The lowest BCUT2D eigenvalue weighted by molar-refractivity contribution is -0.161. The molecule has 0 amide bonds. The van der Waals surface area contributed by atoms with Crippen LogP contribution in [0.15, 0.2) is 60.8 Å². The van der Waals surface area contributed by atoms with Crippen LogP contribution in [0.2, 0.25) is 0 Å². The molecule has 0 fully saturated rings. The van der Waals surface area contributed by atoms with E-state index in [2.05, 4.69) is 88.5 Å². The molecule has 0 saturated carbocycles. The van der Waals surface area contributed by atoms with Crippen molar-refractivity contribution in [3.05, 3.63) is 60.8 Å². The first-order valence-electron chi connectivity index (χ1n) is 41.5. The molecule has 3 N–H and O–H groups in total. The number of phosphoric ester groups is 2. The highest BCUT2D eigenvalue weighted by Crippen LogP contribution is 2.45. The molecule has 3 unspecified atom stereocenters. The number of rotatable bonds is 79. The number of ether oxygens (including phenoxy) is 4. The quantitative estimate of drug-likeness (QED) is 0.0169. The SMILES string of the molecule is CCCCC/C=C\C/C=C\CCCCCCCC(=O)O[C@H](COC(=O)CCCCCCCCC/C=C\CCCCCCCC)COP(=O)(O)OCC(O)COP(=O)(O)OC[C@@H](COC(=O)CCCCCCCCC/C=C\CCCCCC)OC(=O)CCCCCCC/C=C\CCCCCCCC. The van der Waals surface area contributed by atoms with Crippen molar-refractivity contribution in [2.45, 2.75) is 406 Å². The summed E-state index contributed by atoms with van der Waals surface area (Å²) < 4.78 is 68.7. The Kier molecular flexibility index (Phi) is 73.6. The lowest BCUT2D eigenvalue weighted by Gasteiger charge is -2.21. The molecule has 0 aliphatic carbocycles. The molecule has 0 saturated heterocycles. The zero-order valence-corrected chi connectivity index (χ0v) is 67.1. The monoisotopic (exact) mass is 1480 g/mol. The standard InChI is InChI=1S/C83H152O17P2/c1-5-9-13-17-21-25-29-33-37-38-42-44-48-52-56-60-64-68-81(86)94-74-79(100-83(88)70-66-62-58-54-50-46-41-36-32-28-24-20-16-12-8-4)76-98-102(91,92)96-72-77(84)71-95-101(89,90)97-75-78(99-82(87)69-65-61-57-53-49-45-40-35-31-27-23-19-15-11-7-3)73-93-80(85)67-63-59-55-51-47-43-39-34-30-26-22-18-14-10-6-2/h24,26,28,30,33,35-37,40-41,77-79,84H,5-23,25,27,29,31-32,34,38-39,42-76H2,1-4H3,(H,89,90)(H,91,92)/b28-24-,30-26-,37-33-,40-35-,41-36-/t77?,78-,79-/m1/s1. The topological polar surface area (TPSA) is 237 Å². The Hall–Kier alpha value is -3.24. The van der Waals surface area contributed by atoms with Crippen molar-refractivity contribution in [3.63, 3.8) is 0 Å². The van der Waals surface area contributed by atoms with Crippen LogP contribution in [0.5, 0.6) is 0 Å². The van der Waals surface area contributed by atoms with E-state index in [1.54, 1.807) is 0 Å². The molecule has 0 rings (SSSR count). The minimum Gasteiger partial charge on any atom is -0.462 e. The maximum atomic E-state index is 13.1. The van der Waals surface area contributed by atoms with E-state index in [0.29, 0.717) is 25.7 Å². The van der Waals surface area contributed by atoms with Gasteiger partial charge in [-0.2, -0.15) is 0 Å². The van der Waals surface area contributed by atoms with Crippen LogP contribution in [0.3, 0.4) is 0 Å². The average Bonchev–Trinajstić information content (AvgIpc) is 0.919. The second-order valence-electron chi connectivity index (χ2n) is 28.1. The summed E-state index contributed by atoms with van der Waals surface area (Å²) in [6.07, 6.45) is 76.1. The van der Waals surface area contributed by atoms with E-state index in [0.717, 1.165) is 154 Å². The zero-order chi connectivity index (χ0) is 74.6. The third kappa shape index (κ3) is 75.0. The van der Waals surface area contributed by atoms with Crippen molar-refractivity contribution in [1.82, 2.24) is 0 Å². The number of phosphoric acid groups is 2. The Labute approximate surface area is 622 Å². The number of aliphatic hydroxyl groups excluding tert-OH is 1. The highest BCUT2D eigenvalue weighted by molar-refractivity contribution is 7.47. The molecule has 102 heavy (non-hydrogen) atoms. The molecular weight excluding hydrogens is 1330 g/mol. The number of esters is 4. The molecular formula is C83H152O17P2. The van der Waals surface area contributed by atoms with Gasteiger partial charge in [0.1, 0.15) is 19.3 Å². The van der Waals surface area contributed by atoms with Crippen LogP contribution in [-0.2, 0) is 65.4 Å². The van der Waals surface area contributed by atoms with Gasteiger partial charge in [-0.3, -0.25) is 37.3 Å². The van der Waals surface area contributed by atoms with E-state index in [1.165, 1.54) is 154 Å². The van der Waals surface area contributed by atoms with E-state index in [-0.39, 0.29) is 25.7 Å². The minimum absolute atomic E-state index is 0.0820. The molecule has 0 heterocycles. The third-order valence-electron chi connectivity index (χ3n) is 17.9. The fraction of sp³-hybridized carbons (Fsp3) is 0.831. The van der Waals surface area contributed by atoms with Crippen LogP contribution in [0.25, 0.3) is 0 Å². The number of allylic oxidation sites excluding steroid dienone is 10. The van der Waals surface area contributed by atoms with Crippen molar-refractivity contribution in [3.8, 4) is 0 Å². The fourth-order valence-corrected chi connectivity index (χ4v) is 13.1. The van der Waals surface area contributed by atoms with Gasteiger partial charge in [0.25, 0.3) is 0 Å². The van der Waals surface area contributed by atoms with Gasteiger partial charge in [-0.1, -0.05) is 288 Å². The molecule has 0 spiro atoms. The predicted molar refractivity (Wildman–Crippen MR) is 418 cm³/mol.